The molecule has 1 amide bonds. The van der Waals surface area contributed by atoms with Crippen LogP contribution in [0.5, 0.6) is 11.6 Å². The number of carbonyl (C=O) groups is 1. The van der Waals surface area contributed by atoms with Gasteiger partial charge in [-0.1, -0.05) is 12.8 Å². The lowest BCUT2D eigenvalue weighted by Gasteiger charge is -2.13. The van der Waals surface area contributed by atoms with Crippen LogP contribution < -0.4 is 10.1 Å². The number of anilines is 1. The molecule has 2 aromatic heterocycles. The van der Waals surface area contributed by atoms with Gasteiger partial charge in [-0.15, -0.1) is 0 Å². The van der Waals surface area contributed by atoms with Gasteiger partial charge in [0.25, 0.3) is 5.91 Å². The summed E-state index contributed by atoms with van der Waals surface area (Å²) in [7, 11) is 0. The van der Waals surface area contributed by atoms with Gasteiger partial charge in [-0.2, -0.15) is 0 Å². The summed E-state index contributed by atoms with van der Waals surface area (Å²) in [6.45, 7) is 0.575. The van der Waals surface area contributed by atoms with Gasteiger partial charge < -0.3 is 15.2 Å². The van der Waals surface area contributed by atoms with E-state index in [4.69, 9.17) is 4.74 Å². The third-order valence-corrected chi connectivity index (χ3v) is 4.99. The lowest BCUT2D eigenvalue weighted by Crippen LogP contribution is -2.13. The van der Waals surface area contributed by atoms with Gasteiger partial charge in [0.15, 0.2) is 5.69 Å². The molecule has 1 saturated carbocycles. The first kappa shape index (κ1) is 18.2. The fourth-order valence-electron chi connectivity index (χ4n) is 3.51. The summed E-state index contributed by atoms with van der Waals surface area (Å²) >= 11 is 0. The molecular weight excluding hydrogens is 361 g/mol. The Labute approximate surface area is 161 Å². The monoisotopic (exact) mass is 381 g/mol. The molecule has 28 heavy (non-hydrogen) atoms. The fraction of sp³-hybridized carbons (Fsp3) is 0.286. The molecule has 0 spiro atoms. The van der Waals surface area contributed by atoms with E-state index in [-0.39, 0.29) is 11.4 Å². The van der Waals surface area contributed by atoms with Crippen LogP contribution in [-0.2, 0) is 0 Å². The molecule has 3 aromatic rings. The first-order valence-electron chi connectivity index (χ1n) is 9.28. The second kappa shape index (κ2) is 7.80. The summed E-state index contributed by atoms with van der Waals surface area (Å²) in [5.74, 6) is -0.390. The number of carbonyl (C=O) groups excluding carboxylic acids is 1. The summed E-state index contributed by atoms with van der Waals surface area (Å²) in [4.78, 5) is 20.3. The zero-order valence-corrected chi connectivity index (χ0v) is 15.2. The first-order valence-corrected chi connectivity index (χ1v) is 9.28. The largest absolute Gasteiger partial charge is 0.505 e. The second-order valence-electron chi connectivity index (χ2n) is 6.96. The molecule has 0 radical (unpaired) electrons. The summed E-state index contributed by atoms with van der Waals surface area (Å²) in [6.07, 6.45) is 7.28. The van der Waals surface area contributed by atoms with Gasteiger partial charge >= 0.3 is 0 Å². The normalized spacial score (nSPS) is 14.3. The van der Waals surface area contributed by atoms with E-state index in [2.05, 4.69) is 15.3 Å². The average molecular weight is 381 g/mol. The number of benzene rings is 1. The Kier molecular flexibility index (Phi) is 5.06. The van der Waals surface area contributed by atoms with Crippen LogP contribution >= 0.6 is 0 Å². The minimum Gasteiger partial charge on any atom is -0.505 e. The molecule has 1 aromatic carbocycles. The highest BCUT2D eigenvalue weighted by molar-refractivity contribution is 6.05. The SMILES string of the molecule is O=C(Nc1ccc2c(OCC3CCCC3)ncc(F)c2c1)c1ncccc1O. The van der Waals surface area contributed by atoms with Crippen LogP contribution in [0.2, 0.25) is 0 Å². The Morgan fingerprint density at radius 3 is 2.82 bits per heavy atom. The van der Waals surface area contributed by atoms with Gasteiger partial charge in [-0.05, 0) is 49.1 Å². The predicted octanol–water partition coefficient (Wildman–Crippen LogP) is 4.30. The Morgan fingerprint density at radius 1 is 1.21 bits per heavy atom. The lowest BCUT2D eigenvalue weighted by molar-refractivity contribution is 0.101. The standard InChI is InChI=1S/C21H20FN3O3/c22-17-11-24-21(28-12-13-4-1-2-5-13)15-8-7-14(10-16(15)17)25-20(27)19-18(26)6-3-9-23-19/h3,6-11,13,26H,1-2,4-5,12H2,(H,25,27). The lowest BCUT2D eigenvalue weighted by atomic mass is 10.1. The van der Waals surface area contributed by atoms with E-state index in [1.165, 1.54) is 37.2 Å². The van der Waals surface area contributed by atoms with E-state index in [9.17, 15) is 14.3 Å². The van der Waals surface area contributed by atoms with Crippen molar-refractivity contribution in [3.05, 3.63) is 54.2 Å². The molecule has 1 aliphatic carbocycles. The van der Waals surface area contributed by atoms with E-state index < -0.39 is 11.7 Å². The van der Waals surface area contributed by atoms with Crippen molar-refractivity contribution in [2.24, 2.45) is 5.92 Å². The molecular formula is C21H20FN3O3. The maximum Gasteiger partial charge on any atom is 0.278 e. The zero-order chi connectivity index (χ0) is 19.5. The van der Waals surface area contributed by atoms with Gasteiger partial charge in [-0.25, -0.2) is 14.4 Å². The molecule has 0 atom stereocenters. The van der Waals surface area contributed by atoms with E-state index in [1.54, 1.807) is 12.1 Å². The third kappa shape index (κ3) is 3.74. The zero-order valence-electron chi connectivity index (χ0n) is 15.2. The summed E-state index contributed by atoms with van der Waals surface area (Å²) in [6, 6.07) is 7.74. The van der Waals surface area contributed by atoms with Crippen molar-refractivity contribution in [2.45, 2.75) is 25.7 Å². The number of amides is 1. The molecule has 1 aliphatic rings. The van der Waals surface area contributed by atoms with Crippen LogP contribution in [0.1, 0.15) is 36.2 Å². The molecule has 0 unspecified atom stereocenters. The van der Waals surface area contributed by atoms with Crippen LogP contribution in [0.15, 0.2) is 42.7 Å². The highest BCUT2D eigenvalue weighted by Crippen LogP contribution is 2.30. The topological polar surface area (TPSA) is 84.3 Å². The smallest absolute Gasteiger partial charge is 0.278 e. The maximum absolute atomic E-state index is 14.3. The third-order valence-electron chi connectivity index (χ3n) is 4.99. The Morgan fingerprint density at radius 2 is 2.04 bits per heavy atom. The first-order chi connectivity index (χ1) is 13.6. The number of fused-ring (bicyclic) bond motifs is 1. The predicted molar refractivity (Wildman–Crippen MR) is 103 cm³/mol. The van der Waals surface area contributed by atoms with Crippen molar-refractivity contribution in [1.82, 2.24) is 9.97 Å². The number of nitrogens with zero attached hydrogens (tertiary/aromatic N) is 2. The number of nitrogens with one attached hydrogen (secondary N) is 1. The summed E-state index contributed by atoms with van der Waals surface area (Å²) < 4.78 is 20.2. The minimum absolute atomic E-state index is 0.0987. The van der Waals surface area contributed by atoms with Gasteiger partial charge in [0.1, 0.15) is 11.6 Å². The number of pyridine rings is 2. The molecule has 144 valence electrons. The van der Waals surface area contributed by atoms with E-state index in [0.29, 0.717) is 34.9 Å². The van der Waals surface area contributed by atoms with Crippen LogP contribution in [0, 0.1) is 11.7 Å². The average Bonchev–Trinajstić information content (AvgIpc) is 3.22. The summed E-state index contributed by atoms with van der Waals surface area (Å²) in [5, 5.41) is 13.2. The van der Waals surface area contributed by atoms with Crippen molar-refractivity contribution < 1.29 is 19.0 Å². The number of hydrogen-bond donors (Lipinski definition) is 2. The molecule has 6 nitrogen and oxygen atoms in total. The van der Waals surface area contributed by atoms with Gasteiger partial charge in [0.05, 0.1) is 12.8 Å². The van der Waals surface area contributed by atoms with Crippen molar-refractivity contribution >= 4 is 22.4 Å². The minimum atomic E-state index is -0.579. The quantitative estimate of drug-likeness (QED) is 0.688. The number of halogens is 1. The van der Waals surface area contributed by atoms with Crippen LogP contribution in [0.3, 0.4) is 0 Å². The fourth-order valence-corrected chi connectivity index (χ4v) is 3.51. The molecule has 0 saturated heterocycles. The Balaban J connectivity index is 1.57. The molecule has 0 aliphatic heterocycles. The molecule has 0 bridgehead atoms. The Hall–Kier alpha value is -3.22. The van der Waals surface area contributed by atoms with Crippen LogP contribution in [0.25, 0.3) is 10.8 Å². The number of ether oxygens (including phenoxy) is 1. The van der Waals surface area contributed by atoms with Crippen LogP contribution in [-0.4, -0.2) is 27.6 Å². The van der Waals surface area contributed by atoms with Crippen LogP contribution in [0.4, 0.5) is 10.1 Å². The highest BCUT2D eigenvalue weighted by atomic mass is 19.1. The summed E-state index contributed by atoms with van der Waals surface area (Å²) in [5.41, 5.74) is 0.285. The molecule has 7 heteroatoms. The van der Waals surface area contributed by atoms with Crippen molar-refractivity contribution in [3.8, 4) is 11.6 Å². The van der Waals surface area contributed by atoms with E-state index >= 15 is 0 Å². The molecule has 1 fully saturated rings. The van der Waals surface area contributed by atoms with Crippen molar-refractivity contribution in [1.29, 1.82) is 0 Å². The number of aromatic nitrogens is 2. The molecule has 4 rings (SSSR count). The number of rotatable bonds is 5. The Bertz CT molecular complexity index is 1020. The second-order valence-corrected chi connectivity index (χ2v) is 6.96. The number of aromatic hydroxyl groups is 1. The molecule has 2 heterocycles. The van der Waals surface area contributed by atoms with E-state index in [1.807, 2.05) is 0 Å². The van der Waals surface area contributed by atoms with E-state index in [0.717, 1.165) is 19.0 Å². The van der Waals surface area contributed by atoms with Crippen molar-refractivity contribution in [3.63, 3.8) is 0 Å². The maximum atomic E-state index is 14.3. The van der Waals surface area contributed by atoms with Gasteiger partial charge in [0.2, 0.25) is 5.88 Å². The van der Waals surface area contributed by atoms with Crippen molar-refractivity contribution in [2.75, 3.05) is 11.9 Å². The molecule has 2 N–H and O–H groups in total. The highest BCUT2D eigenvalue weighted by Gasteiger charge is 2.18. The van der Waals surface area contributed by atoms with Gasteiger partial charge in [-0.3, -0.25) is 4.79 Å². The number of hydrogen-bond acceptors (Lipinski definition) is 5. The van der Waals surface area contributed by atoms with Gasteiger partial charge in [0, 0.05) is 22.7 Å².